The molecule has 1 N–H and O–H groups in total. The van der Waals surface area contributed by atoms with Crippen LogP contribution in [0.4, 0.5) is 11.5 Å². The summed E-state index contributed by atoms with van der Waals surface area (Å²) < 4.78 is 1.54. The van der Waals surface area contributed by atoms with Crippen LogP contribution in [-0.4, -0.2) is 63.8 Å². The van der Waals surface area contributed by atoms with E-state index in [4.69, 9.17) is 0 Å². The first-order valence-electron chi connectivity index (χ1n) is 9.74. The zero-order valence-corrected chi connectivity index (χ0v) is 16.7. The highest BCUT2D eigenvalue weighted by Crippen LogP contribution is 2.20. The Bertz CT molecular complexity index is 978. The summed E-state index contributed by atoms with van der Waals surface area (Å²) in [6.45, 7) is 6.00. The number of piperazine rings is 1. The average Bonchev–Trinajstić information content (AvgIpc) is 3.19. The van der Waals surface area contributed by atoms with Gasteiger partial charge in [0.15, 0.2) is 5.82 Å². The quantitative estimate of drug-likeness (QED) is 0.717. The number of amides is 1. The van der Waals surface area contributed by atoms with Gasteiger partial charge in [-0.2, -0.15) is 5.10 Å². The van der Waals surface area contributed by atoms with Crippen molar-refractivity contribution in [2.45, 2.75) is 13.5 Å². The number of benzene rings is 1. The maximum atomic E-state index is 12.5. The highest BCUT2D eigenvalue weighted by atomic mass is 16.2. The number of likely N-dealkylation sites (N-methyl/N-ethyl adjacent to an activating group) is 1. The summed E-state index contributed by atoms with van der Waals surface area (Å²) in [6.07, 6.45) is 1.57. The van der Waals surface area contributed by atoms with Gasteiger partial charge in [-0.1, -0.05) is 30.3 Å². The maximum Gasteiger partial charge on any atom is 0.246 e. The van der Waals surface area contributed by atoms with Crippen LogP contribution in [-0.2, 0) is 11.3 Å². The molecule has 1 amide bonds. The van der Waals surface area contributed by atoms with Gasteiger partial charge in [-0.25, -0.2) is 14.6 Å². The Morgan fingerprint density at radius 2 is 1.83 bits per heavy atom. The van der Waals surface area contributed by atoms with Crippen molar-refractivity contribution in [1.82, 2.24) is 24.6 Å². The molecule has 2 aromatic heterocycles. The van der Waals surface area contributed by atoms with Gasteiger partial charge in [0.05, 0.1) is 11.4 Å². The first kappa shape index (κ1) is 19.1. The largest absolute Gasteiger partial charge is 0.354 e. The third-order valence-corrected chi connectivity index (χ3v) is 5.05. The molecular formula is C21H25N7O. The minimum Gasteiger partial charge on any atom is -0.354 e. The molecule has 3 heterocycles. The van der Waals surface area contributed by atoms with Gasteiger partial charge in [0.2, 0.25) is 5.91 Å². The van der Waals surface area contributed by atoms with E-state index in [0.717, 1.165) is 48.9 Å². The molecule has 3 aromatic rings. The monoisotopic (exact) mass is 391 g/mol. The summed E-state index contributed by atoms with van der Waals surface area (Å²) in [5.41, 5.74) is 2.45. The van der Waals surface area contributed by atoms with Crippen molar-refractivity contribution >= 4 is 17.4 Å². The predicted molar refractivity (Wildman–Crippen MR) is 113 cm³/mol. The van der Waals surface area contributed by atoms with E-state index in [-0.39, 0.29) is 12.5 Å². The van der Waals surface area contributed by atoms with Gasteiger partial charge in [0, 0.05) is 31.7 Å². The van der Waals surface area contributed by atoms with Crippen LogP contribution < -0.4 is 10.2 Å². The van der Waals surface area contributed by atoms with E-state index < -0.39 is 0 Å². The number of pyridine rings is 1. The van der Waals surface area contributed by atoms with Crippen LogP contribution >= 0.6 is 0 Å². The number of carbonyl (C=O) groups excluding carboxylic acids is 1. The first-order valence-corrected chi connectivity index (χ1v) is 9.74. The summed E-state index contributed by atoms with van der Waals surface area (Å²) in [5, 5.41) is 7.31. The van der Waals surface area contributed by atoms with Crippen LogP contribution in [0.3, 0.4) is 0 Å². The van der Waals surface area contributed by atoms with Gasteiger partial charge in [0.1, 0.15) is 18.7 Å². The molecule has 150 valence electrons. The molecule has 1 aliphatic rings. The predicted octanol–water partition coefficient (Wildman–Crippen LogP) is 2.04. The third kappa shape index (κ3) is 4.60. The van der Waals surface area contributed by atoms with E-state index in [0.29, 0.717) is 5.82 Å². The Morgan fingerprint density at radius 3 is 2.55 bits per heavy atom. The number of aromatic nitrogens is 4. The Hall–Kier alpha value is -3.26. The zero-order chi connectivity index (χ0) is 20.2. The van der Waals surface area contributed by atoms with Crippen LogP contribution in [0.5, 0.6) is 0 Å². The number of aryl methyl sites for hydroxylation is 1. The van der Waals surface area contributed by atoms with Crippen LogP contribution in [0.1, 0.15) is 5.69 Å². The molecule has 0 aliphatic carbocycles. The zero-order valence-electron chi connectivity index (χ0n) is 16.7. The van der Waals surface area contributed by atoms with Gasteiger partial charge < -0.3 is 15.1 Å². The number of hydrogen-bond acceptors (Lipinski definition) is 6. The van der Waals surface area contributed by atoms with Crippen LogP contribution in [0, 0.1) is 6.92 Å². The summed E-state index contributed by atoms with van der Waals surface area (Å²) in [6, 6.07) is 13.6. The van der Waals surface area contributed by atoms with Crippen LogP contribution in [0.25, 0.3) is 11.4 Å². The lowest BCUT2D eigenvalue weighted by atomic mass is 10.2. The number of nitrogens with one attached hydrogen (secondary N) is 1. The van der Waals surface area contributed by atoms with Crippen molar-refractivity contribution < 1.29 is 4.79 Å². The van der Waals surface area contributed by atoms with E-state index in [1.165, 1.54) is 0 Å². The van der Waals surface area contributed by atoms with E-state index in [1.54, 1.807) is 11.0 Å². The molecule has 0 unspecified atom stereocenters. The first-order chi connectivity index (χ1) is 14.1. The summed E-state index contributed by atoms with van der Waals surface area (Å²) in [4.78, 5) is 26.0. The number of hydrogen-bond donors (Lipinski definition) is 1. The Kier molecular flexibility index (Phi) is 5.53. The average molecular weight is 391 g/mol. The normalized spacial score (nSPS) is 14.8. The molecule has 0 spiro atoms. The van der Waals surface area contributed by atoms with E-state index in [9.17, 15) is 4.79 Å². The molecule has 0 radical (unpaired) electrons. The Balaban J connectivity index is 1.38. The molecule has 0 saturated carbocycles. The fourth-order valence-electron chi connectivity index (χ4n) is 3.32. The van der Waals surface area contributed by atoms with Crippen molar-refractivity contribution in [1.29, 1.82) is 0 Å². The van der Waals surface area contributed by atoms with E-state index in [2.05, 4.69) is 37.2 Å². The van der Waals surface area contributed by atoms with Crippen molar-refractivity contribution in [2.24, 2.45) is 0 Å². The molecular weight excluding hydrogens is 366 g/mol. The second-order valence-electron chi connectivity index (χ2n) is 7.27. The smallest absolute Gasteiger partial charge is 0.246 e. The molecule has 1 aromatic carbocycles. The minimum atomic E-state index is -0.160. The Labute approximate surface area is 170 Å². The molecule has 8 heteroatoms. The van der Waals surface area contributed by atoms with Crippen molar-refractivity contribution in [3.63, 3.8) is 0 Å². The van der Waals surface area contributed by atoms with Crippen molar-refractivity contribution in [3.8, 4) is 11.4 Å². The topological polar surface area (TPSA) is 79.2 Å². The van der Waals surface area contributed by atoms with Gasteiger partial charge >= 0.3 is 0 Å². The van der Waals surface area contributed by atoms with Gasteiger partial charge in [-0.05, 0) is 26.1 Å². The molecule has 1 fully saturated rings. The maximum absolute atomic E-state index is 12.5. The molecule has 29 heavy (non-hydrogen) atoms. The van der Waals surface area contributed by atoms with Gasteiger partial charge in [-0.15, -0.1) is 0 Å². The van der Waals surface area contributed by atoms with Gasteiger partial charge in [0.25, 0.3) is 0 Å². The standard InChI is InChI=1S/C21H25N7O/c1-16-18(8-9-19(23-16)27-12-10-26(2)11-13-27)24-20(29)14-28-15-22-21(25-28)17-6-4-3-5-7-17/h3-9,15H,10-14H2,1-2H3,(H,24,29). The van der Waals surface area contributed by atoms with Crippen molar-refractivity contribution in [3.05, 3.63) is 54.5 Å². The van der Waals surface area contributed by atoms with E-state index in [1.807, 2.05) is 49.4 Å². The van der Waals surface area contributed by atoms with E-state index >= 15 is 0 Å². The highest BCUT2D eigenvalue weighted by molar-refractivity contribution is 5.91. The lowest BCUT2D eigenvalue weighted by Gasteiger charge is -2.33. The number of nitrogens with zero attached hydrogens (tertiary/aromatic N) is 6. The molecule has 1 saturated heterocycles. The second kappa shape index (κ2) is 8.40. The molecule has 1 aliphatic heterocycles. The van der Waals surface area contributed by atoms with Crippen molar-refractivity contribution in [2.75, 3.05) is 43.4 Å². The van der Waals surface area contributed by atoms with Crippen LogP contribution in [0.2, 0.25) is 0 Å². The number of anilines is 2. The van der Waals surface area contributed by atoms with Gasteiger partial charge in [-0.3, -0.25) is 4.79 Å². The third-order valence-electron chi connectivity index (χ3n) is 5.05. The lowest BCUT2D eigenvalue weighted by Crippen LogP contribution is -2.44. The lowest BCUT2D eigenvalue weighted by molar-refractivity contribution is -0.116. The number of rotatable bonds is 5. The minimum absolute atomic E-state index is 0.0967. The second-order valence-corrected chi connectivity index (χ2v) is 7.27. The molecule has 8 nitrogen and oxygen atoms in total. The summed E-state index contributed by atoms with van der Waals surface area (Å²) in [7, 11) is 2.13. The van der Waals surface area contributed by atoms with Crippen LogP contribution in [0.15, 0.2) is 48.8 Å². The fraction of sp³-hybridized carbons (Fsp3) is 0.333. The molecule has 0 bridgehead atoms. The Morgan fingerprint density at radius 1 is 1.07 bits per heavy atom. The fourth-order valence-corrected chi connectivity index (χ4v) is 3.32. The molecule has 0 atom stereocenters. The number of carbonyl (C=O) groups is 1. The summed E-state index contributed by atoms with van der Waals surface area (Å²) >= 11 is 0. The SMILES string of the molecule is Cc1nc(N2CCN(C)CC2)ccc1NC(=O)Cn1cnc(-c2ccccc2)n1. The summed E-state index contributed by atoms with van der Waals surface area (Å²) in [5.74, 6) is 1.40. The highest BCUT2D eigenvalue weighted by Gasteiger charge is 2.16. The molecule has 4 rings (SSSR count).